The summed E-state index contributed by atoms with van der Waals surface area (Å²) in [4.78, 5) is 28.0. The lowest BCUT2D eigenvalue weighted by Gasteiger charge is -2.34. The zero-order valence-corrected chi connectivity index (χ0v) is 14.6. The van der Waals surface area contributed by atoms with Crippen molar-refractivity contribution in [3.63, 3.8) is 0 Å². The van der Waals surface area contributed by atoms with Crippen LogP contribution in [-0.4, -0.2) is 66.9 Å². The fraction of sp³-hybridized carbons (Fsp3) is 0.647. The van der Waals surface area contributed by atoms with Gasteiger partial charge in [-0.3, -0.25) is 14.5 Å². The van der Waals surface area contributed by atoms with E-state index < -0.39 is 0 Å². The lowest BCUT2D eigenvalue weighted by Crippen LogP contribution is -2.50. The van der Waals surface area contributed by atoms with Gasteiger partial charge in [0.25, 0.3) is 0 Å². The Kier molecular flexibility index (Phi) is 7.27. The van der Waals surface area contributed by atoms with E-state index in [9.17, 15) is 9.59 Å². The largest absolute Gasteiger partial charge is 0.467 e. The van der Waals surface area contributed by atoms with Crippen LogP contribution in [0.5, 0.6) is 0 Å². The van der Waals surface area contributed by atoms with Crippen LogP contribution >= 0.6 is 0 Å². The first-order chi connectivity index (χ1) is 11.5. The Bertz CT molecular complexity index is 508. The van der Waals surface area contributed by atoms with Crippen LogP contribution in [0.1, 0.15) is 26.0 Å². The molecular formula is C17H28N4O3. The normalized spacial score (nSPS) is 16.3. The molecule has 7 nitrogen and oxygen atoms in total. The summed E-state index contributed by atoms with van der Waals surface area (Å²) in [5.41, 5.74) is 0. The molecule has 134 valence electrons. The Morgan fingerprint density at radius 3 is 2.50 bits per heavy atom. The quantitative estimate of drug-likeness (QED) is 0.720. The molecule has 0 bridgehead atoms. The van der Waals surface area contributed by atoms with E-state index in [1.165, 1.54) is 0 Å². The predicted octanol–water partition coefficient (Wildman–Crippen LogP) is 0.428. The SMILES string of the molecule is CC(C)NC(=O)CN1CCN(CCC(=O)NCc2ccco2)CC1. The maximum absolute atomic E-state index is 11.9. The Morgan fingerprint density at radius 1 is 1.17 bits per heavy atom. The summed E-state index contributed by atoms with van der Waals surface area (Å²) in [5.74, 6) is 0.873. The van der Waals surface area contributed by atoms with Crippen LogP contribution < -0.4 is 10.6 Å². The minimum Gasteiger partial charge on any atom is -0.467 e. The summed E-state index contributed by atoms with van der Waals surface area (Å²) >= 11 is 0. The van der Waals surface area contributed by atoms with Gasteiger partial charge in [0, 0.05) is 45.2 Å². The van der Waals surface area contributed by atoms with Crippen LogP contribution in [0.2, 0.25) is 0 Å². The Labute approximate surface area is 143 Å². The van der Waals surface area contributed by atoms with E-state index in [1.807, 2.05) is 26.0 Å². The third-order valence-electron chi connectivity index (χ3n) is 3.98. The van der Waals surface area contributed by atoms with Crippen molar-refractivity contribution in [1.82, 2.24) is 20.4 Å². The molecule has 1 aliphatic heterocycles. The highest BCUT2D eigenvalue weighted by atomic mass is 16.3. The third kappa shape index (κ3) is 6.72. The van der Waals surface area contributed by atoms with Gasteiger partial charge in [0.05, 0.1) is 19.4 Å². The molecule has 0 aromatic carbocycles. The summed E-state index contributed by atoms with van der Waals surface area (Å²) in [5, 5.41) is 5.77. The maximum atomic E-state index is 11.9. The number of hydrogen-bond donors (Lipinski definition) is 2. The molecule has 24 heavy (non-hydrogen) atoms. The van der Waals surface area contributed by atoms with Gasteiger partial charge in [0.15, 0.2) is 0 Å². The van der Waals surface area contributed by atoms with Crippen LogP contribution in [0.25, 0.3) is 0 Å². The molecule has 7 heteroatoms. The summed E-state index contributed by atoms with van der Waals surface area (Å²) < 4.78 is 5.18. The van der Waals surface area contributed by atoms with E-state index in [1.54, 1.807) is 6.26 Å². The number of piperazine rings is 1. The highest BCUT2D eigenvalue weighted by molar-refractivity contribution is 5.78. The van der Waals surface area contributed by atoms with Crippen LogP contribution in [-0.2, 0) is 16.1 Å². The summed E-state index contributed by atoms with van der Waals surface area (Å²) in [6, 6.07) is 3.83. The van der Waals surface area contributed by atoms with Gasteiger partial charge in [-0.15, -0.1) is 0 Å². The van der Waals surface area contributed by atoms with Gasteiger partial charge in [0.2, 0.25) is 11.8 Å². The smallest absolute Gasteiger partial charge is 0.234 e. The molecule has 0 radical (unpaired) electrons. The first-order valence-corrected chi connectivity index (χ1v) is 8.56. The van der Waals surface area contributed by atoms with E-state index in [-0.39, 0.29) is 17.9 Å². The average Bonchev–Trinajstić information content (AvgIpc) is 3.05. The zero-order valence-electron chi connectivity index (χ0n) is 14.6. The van der Waals surface area contributed by atoms with Gasteiger partial charge in [-0.25, -0.2) is 0 Å². The topological polar surface area (TPSA) is 77.8 Å². The van der Waals surface area contributed by atoms with Crippen molar-refractivity contribution in [2.75, 3.05) is 39.3 Å². The van der Waals surface area contributed by atoms with Gasteiger partial charge in [-0.05, 0) is 26.0 Å². The molecule has 2 amide bonds. The number of amides is 2. The molecule has 2 N–H and O–H groups in total. The highest BCUT2D eigenvalue weighted by Gasteiger charge is 2.19. The fourth-order valence-electron chi connectivity index (χ4n) is 2.69. The lowest BCUT2D eigenvalue weighted by atomic mass is 10.2. The average molecular weight is 336 g/mol. The maximum Gasteiger partial charge on any atom is 0.234 e. The first kappa shape index (κ1) is 18.5. The Hall–Kier alpha value is -1.86. The lowest BCUT2D eigenvalue weighted by molar-refractivity contribution is -0.123. The Morgan fingerprint density at radius 2 is 1.88 bits per heavy atom. The molecule has 1 aromatic rings. The van der Waals surface area contributed by atoms with Crippen molar-refractivity contribution >= 4 is 11.8 Å². The molecule has 0 spiro atoms. The van der Waals surface area contributed by atoms with Crippen molar-refractivity contribution in [2.45, 2.75) is 32.9 Å². The molecule has 1 aliphatic rings. The van der Waals surface area contributed by atoms with Gasteiger partial charge in [0.1, 0.15) is 5.76 Å². The van der Waals surface area contributed by atoms with Gasteiger partial charge >= 0.3 is 0 Å². The number of nitrogens with one attached hydrogen (secondary N) is 2. The second-order valence-electron chi connectivity index (χ2n) is 6.45. The zero-order chi connectivity index (χ0) is 17.4. The van der Waals surface area contributed by atoms with E-state index in [4.69, 9.17) is 4.42 Å². The molecule has 1 saturated heterocycles. The van der Waals surface area contributed by atoms with Crippen LogP contribution in [0.4, 0.5) is 0 Å². The van der Waals surface area contributed by atoms with E-state index >= 15 is 0 Å². The van der Waals surface area contributed by atoms with Crippen LogP contribution in [0, 0.1) is 0 Å². The molecule has 2 heterocycles. The molecule has 1 aromatic heterocycles. The van der Waals surface area contributed by atoms with Crippen molar-refractivity contribution in [3.8, 4) is 0 Å². The third-order valence-corrected chi connectivity index (χ3v) is 3.98. The van der Waals surface area contributed by atoms with Gasteiger partial charge in [-0.1, -0.05) is 0 Å². The predicted molar refractivity (Wildman–Crippen MR) is 91.3 cm³/mol. The Balaban J connectivity index is 1.57. The molecule has 1 fully saturated rings. The first-order valence-electron chi connectivity index (χ1n) is 8.56. The summed E-state index contributed by atoms with van der Waals surface area (Å²) in [7, 11) is 0. The van der Waals surface area contributed by atoms with E-state index in [2.05, 4.69) is 20.4 Å². The van der Waals surface area contributed by atoms with Crippen LogP contribution in [0.3, 0.4) is 0 Å². The summed E-state index contributed by atoms with van der Waals surface area (Å²) in [6.07, 6.45) is 2.08. The molecule has 0 saturated carbocycles. The second kappa shape index (κ2) is 9.44. The van der Waals surface area contributed by atoms with Crippen molar-refractivity contribution in [1.29, 1.82) is 0 Å². The molecule has 0 atom stereocenters. The van der Waals surface area contributed by atoms with Gasteiger partial charge < -0.3 is 20.0 Å². The highest BCUT2D eigenvalue weighted by Crippen LogP contribution is 2.03. The van der Waals surface area contributed by atoms with E-state index in [0.29, 0.717) is 19.5 Å². The molecule has 0 unspecified atom stereocenters. The second-order valence-corrected chi connectivity index (χ2v) is 6.45. The minimum absolute atomic E-state index is 0.0325. The van der Waals surface area contributed by atoms with E-state index in [0.717, 1.165) is 38.5 Å². The van der Waals surface area contributed by atoms with Crippen LogP contribution in [0.15, 0.2) is 22.8 Å². The van der Waals surface area contributed by atoms with Crippen molar-refractivity contribution in [2.24, 2.45) is 0 Å². The number of furan rings is 1. The number of rotatable bonds is 8. The number of carbonyl (C=O) groups excluding carboxylic acids is 2. The van der Waals surface area contributed by atoms with Crippen molar-refractivity contribution in [3.05, 3.63) is 24.2 Å². The van der Waals surface area contributed by atoms with Crippen molar-refractivity contribution < 1.29 is 14.0 Å². The molecule has 0 aliphatic carbocycles. The fourth-order valence-corrected chi connectivity index (χ4v) is 2.69. The number of nitrogens with zero attached hydrogens (tertiary/aromatic N) is 2. The standard InChI is InChI=1S/C17H28N4O3/c1-14(2)19-17(23)13-21-9-7-20(8-10-21)6-5-16(22)18-12-15-4-3-11-24-15/h3-4,11,14H,5-10,12-13H2,1-2H3,(H,18,22)(H,19,23). The minimum atomic E-state index is 0.0325. The monoisotopic (exact) mass is 336 g/mol. The molecular weight excluding hydrogens is 308 g/mol. The number of hydrogen-bond acceptors (Lipinski definition) is 5. The number of carbonyl (C=O) groups is 2. The van der Waals surface area contributed by atoms with Gasteiger partial charge in [-0.2, -0.15) is 0 Å². The summed E-state index contributed by atoms with van der Waals surface area (Å²) in [6.45, 7) is 9.07. The molecule has 2 rings (SSSR count).